The van der Waals surface area contributed by atoms with Crippen molar-refractivity contribution >= 4 is 11.9 Å². The first-order valence-electron chi connectivity index (χ1n) is 23.2. The normalized spacial score (nSPS) is 18.3. The van der Waals surface area contributed by atoms with Crippen molar-refractivity contribution in [1.82, 2.24) is 4.90 Å². The van der Waals surface area contributed by atoms with Gasteiger partial charge in [-0.05, 0) is 109 Å². The third-order valence-corrected chi connectivity index (χ3v) is 12.4. The SMILES string of the molecule is CCCCCCCCC(CCCCCC(O)(O)O)C(=O)O.CCCCCCCCC(CCCCCC(O)(O)O)C(=O)OC1CCC2(CCN(CCCCO)CC2)C1. The first kappa shape index (κ1) is 53.6. The summed E-state index contributed by atoms with van der Waals surface area (Å²) in [5, 5.41) is 71.6. The molecule has 1 heterocycles. The second kappa shape index (κ2) is 31.5. The van der Waals surface area contributed by atoms with Crippen LogP contribution in [-0.4, -0.2) is 102 Å². The van der Waals surface area contributed by atoms with E-state index in [2.05, 4.69) is 18.7 Å². The molecular weight excluding hydrogens is 730 g/mol. The van der Waals surface area contributed by atoms with Gasteiger partial charge in [-0.25, -0.2) is 0 Å². The number of hydrogen-bond acceptors (Lipinski definition) is 11. The average Bonchev–Trinajstić information content (AvgIpc) is 3.53. The van der Waals surface area contributed by atoms with Gasteiger partial charge < -0.3 is 50.5 Å². The molecule has 8 N–H and O–H groups in total. The number of aliphatic hydroxyl groups excluding tert-OH is 1. The summed E-state index contributed by atoms with van der Waals surface area (Å²) in [6.45, 7) is 7.97. The van der Waals surface area contributed by atoms with Crippen molar-refractivity contribution in [3.8, 4) is 0 Å². The van der Waals surface area contributed by atoms with E-state index in [0.717, 1.165) is 116 Å². The van der Waals surface area contributed by atoms with Gasteiger partial charge in [-0.3, -0.25) is 9.59 Å². The quantitative estimate of drug-likeness (QED) is 0.0181. The van der Waals surface area contributed by atoms with Crippen LogP contribution in [0.5, 0.6) is 0 Å². The van der Waals surface area contributed by atoms with Gasteiger partial charge in [-0.1, -0.05) is 117 Å². The van der Waals surface area contributed by atoms with Gasteiger partial charge in [0.25, 0.3) is 11.9 Å². The number of hydrogen-bond donors (Lipinski definition) is 8. The Kier molecular flexibility index (Phi) is 29.6. The molecule has 0 aromatic rings. The molecule has 12 heteroatoms. The molecule has 1 aliphatic carbocycles. The van der Waals surface area contributed by atoms with Crippen molar-refractivity contribution in [3.63, 3.8) is 0 Å². The largest absolute Gasteiger partial charge is 0.481 e. The monoisotopic (exact) mass is 818 g/mol. The van der Waals surface area contributed by atoms with Crippen molar-refractivity contribution in [2.24, 2.45) is 17.3 Å². The van der Waals surface area contributed by atoms with Crippen LogP contribution in [0.2, 0.25) is 0 Å². The first-order chi connectivity index (χ1) is 27.1. The lowest BCUT2D eigenvalue weighted by Gasteiger charge is -2.39. The molecule has 0 amide bonds. The van der Waals surface area contributed by atoms with Crippen LogP contribution in [0.25, 0.3) is 0 Å². The first-order valence-corrected chi connectivity index (χ1v) is 23.2. The Morgan fingerprint density at radius 3 is 1.49 bits per heavy atom. The Morgan fingerprint density at radius 1 is 0.614 bits per heavy atom. The fraction of sp³-hybridized carbons (Fsp3) is 0.956. The number of piperidine rings is 1. The van der Waals surface area contributed by atoms with E-state index in [-0.39, 0.29) is 43.4 Å². The van der Waals surface area contributed by atoms with E-state index < -0.39 is 17.9 Å². The smallest absolute Gasteiger partial charge is 0.309 e. The number of carbonyl (C=O) groups is 2. The number of rotatable bonds is 33. The Bertz CT molecular complexity index is 991. The Hall–Kier alpha value is -1.38. The third kappa shape index (κ3) is 28.7. The van der Waals surface area contributed by atoms with E-state index in [1.165, 1.54) is 64.2 Å². The summed E-state index contributed by atoms with van der Waals surface area (Å²) in [6.07, 6.45) is 28.5. The van der Waals surface area contributed by atoms with Gasteiger partial charge in [0.15, 0.2) is 0 Å². The Labute approximate surface area is 345 Å². The molecule has 57 heavy (non-hydrogen) atoms. The maximum absolute atomic E-state index is 13.2. The number of carboxylic acids is 1. The topological polar surface area (TPSA) is 208 Å². The van der Waals surface area contributed by atoms with E-state index in [1.807, 2.05) is 0 Å². The van der Waals surface area contributed by atoms with Crippen LogP contribution in [0.4, 0.5) is 0 Å². The molecule has 0 radical (unpaired) electrons. The summed E-state index contributed by atoms with van der Waals surface area (Å²) >= 11 is 0. The average molecular weight is 818 g/mol. The predicted molar refractivity (Wildman–Crippen MR) is 224 cm³/mol. The van der Waals surface area contributed by atoms with Crippen molar-refractivity contribution in [1.29, 1.82) is 0 Å². The predicted octanol–water partition coefficient (Wildman–Crippen LogP) is 7.90. The van der Waals surface area contributed by atoms with Gasteiger partial charge in [-0.2, -0.15) is 0 Å². The molecule has 1 saturated heterocycles. The standard InChI is InChI=1S/C29H55NO6.C16H32O5/c1-2-3-4-5-6-8-13-25(14-9-7-10-16-29(33,34)35)27(32)36-26-15-17-28(24-26)18-21-30(22-19-28)20-11-12-23-31;1-2-3-4-5-6-8-11-14(15(17)18)12-9-7-10-13-16(19,20)21/h25-26,31,33-35H,2-24H2,1H3;14,19-21H,2-13H2,1H3,(H,17,18). The summed E-state index contributed by atoms with van der Waals surface area (Å²) < 4.78 is 6.11. The van der Waals surface area contributed by atoms with Crippen molar-refractivity contribution in [2.75, 3.05) is 26.2 Å². The van der Waals surface area contributed by atoms with Gasteiger partial charge in [0, 0.05) is 19.4 Å². The molecule has 0 aromatic heterocycles. The summed E-state index contributed by atoms with van der Waals surface area (Å²) in [6, 6.07) is 0. The fourth-order valence-electron chi connectivity index (χ4n) is 8.64. The van der Waals surface area contributed by atoms with Crippen LogP contribution in [0.1, 0.15) is 213 Å². The molecule has 1 aliphatic heterocycles. The van der Waals surface area contributed by atoms with E-state index >= 15 is 0 Å². The molecule has 338 valence electrons. The zero-order chi connectivity index (χ0) is 42.4. The number of likely N-dealkylation sites (tertiary alicyclic amines) is 1. The molecule has 0 aromatic carbocycles. The lowest BCUT2D eigenvalue weighted by atomic mass is 9.77. The lowest BCUT2D eigenvalue weighted by molar-refractivity contribution is -0.316. The number of esters is 1. The fourth-order valence-corrected chi connectivity index (χ4v) is 8.64. The number of nitrogens with zero attached hydrogens (tertiary/aromatic N) is 1. The summed E-state index contributed by atoms with van der Waals surface area (Å²) in [5.41, 5.74) is 0.332. The summed E-state index contributed by atoms with van der Waals surface area (Å²) in [4.78, 5) is 26.9. The van der Waals surface area contributed by atoms with Crippen LogP contribution in [-0.2, 0) is 14.3 Å². The molecule has 2 aliphatic rings. The number of carbonyl (C=O) groups excluding carboxylic acids is 1. The minimum atomic E-state index is -2.59. The zero-order valence-electron chi connectivity index (χ0n) is 36.2. The van der Waals surface area contributed by atoms with E-state index in [0.29, 0.717) is 31.1 Å². The molecule has 1 saturated carbocycles. The zero-order valence-corrected chi connectivity index (χ0v) is 36.2. The maximum Gasteiger partial charge on any atom is 0.309 e. The lowest BCUT2D eigenvalue weighted by Crippen LogP contribution is -2.39. The number of carboxylic acid groups (broad SMARTS) is 1. The van der Waals surface area contributed by atoms with Gasteiger partial charge in [-0.15, -0.1) is 0 Å². The van der Waals surface area contributed by atoms with Gasteiger partial charge in [0.1, 0.15) is 6.10 Å². The highest BCUT2D eigenvalue weighted by Crippen LogP contribution is 2.47. The second-order valence-electron chi connectivity index (χ2n) is 17.7. The van der Waals surface area contributed by atoms with Crippen LogP contribution < -0.4 is 0 Å². The third-order valence-electron chi connectivity index (χ3n) is 12.4. The molecule has 3 unspecified atom stereocenters. The molecule has 0 bridgehead atoms. The number of ether oxygens (including phenoxy) is 1. The highest BCUT2D eigenvalue weighted by molar-refractivity contribution is 5.72. The summed E-state index contributed by atoms with van der Waals surface area (Å²) in [7, 11) is 0. The highest BCUT2D eigenvalue weighted by atomic mass is 16.7. The van der Waals surface area contributed by atoms with Crippen LogP contribution in [0.15, 0.2) is 0 Å². The van der Waals surface area contributed by atoms with Crippen LogP contribution in [0.3, 0.4) is 0 Å². The van der Waals surface area contributed by atoms with E-state index in [9.17, 15) is 14.7 Å². The molecule has 3 atom stereocenters. The minimum Gasteiger partial charge on any atom is -0.481 e. The van der Waals surface area contributed by atoms with Crippen molar-refractivity contribution in [3.05, 3.63) is 0 Å². The molecule has 2 fully saturated rings. The number of unbranched alkanes of at least 4 members (excludes halogenated alkanes) is 15. The Balaban J connectivity index is 0.000000660. The van der Waals surface area contributed by atoms with Gasteiger partial charge in [0.05, 0.1) is 11.8 Å². The minimum absolute atomic E-state index is 0.0344. The molecule has 12 nitrogen and oxygen atoms in total. The maximum atomic E-state index is 13.2. The highest BCUT2D eigenvalue weighted by Gasteiger charge is 2.43. The van der Waals surface area contributed by atoms with Crippen LogP contribution >= 0.6 is 0 Å². The Morgan fingerprint density at radius 2 is 1.05 bits per heavy atom. The molecule has 2 rings (SSSR count). The molecule has 1 spiro atoms. The van der Waals surface area contributed by atoms with E-state index in [4.69, 9.17) is 40.5 Å². The van der Waals surface area contributed by atoms with Crippen molar-refractivity contribution < 1.29 is 55.2 Å². The second-order valence-corrected chi connectivity index (χ2v) is 17.7. The van der Waals surface area contributed by atoms with Gasteiger partial charge >= 0.3 is 11.9 Å². The van der Waals surface area contributed by atoms with Gasteiger partial charge in [0.2, 0.25) is 0 Å². The van der Waals surface area contributed by atoms with E-state index in [1.54, 1.807) is 0 Å². The van der Waals surface area contributed by atoms with Crippen LogP contribution in [0, 0.1) is 17.3 Å². The molecular formula is C45H87NO11. The number of aliphatic hydroxyl groups is 7. The van der Waals surface area contributed by atoms with Crippen molar-refractivity contribution in [2.45, 2.75) is 231 Å². The number of aliphatic carboxylic acids is 1. The summed E-state index contributed by atoms with van der Waals surface area (Å²) in [5.74, 6) is -6.33.